The predicted molar refractivity (Wildman–Crippen MR) is 89.9 cm³/mol. The first-order valence-electron chi connectivity index (χ1n) is 7.44. The summed E-state index contributed by atoms with van der Waals surface area (Å²) >= 11 is 7.25. The number of hydrogen-bond donors (Lipinski definition) is 2. The molecule has 0 aliphatic carbocycles. The number of thioether (sulfide) groups is 1. The van der Waals surface area contributed by atoms with Gasteiger partial charge in [-0.05, 0) is 44.0 Å². The van der Waals surface area contributed by atoms with Gasteiger partial charge in [0.05, 0.1) is 10.7 Å². The van der Waals surface area contributed by atoms with Crippen LogP contribution in [0.15, 0.2) is 29.2 Å². The molecule has 23 heavy (non-hydrogen) atoms. The number of rotatable bonds is 6. The average molecular weight is 358 g/mol. The van der Waals surface area contributed by atoms with E-state index in [9.17, 15) is 14.7 Å². The van der Waals surface area contributed by atoms with Crippen molar-refractivity contribution in [2.75, 3.05) is 19.8 Å². The zero-order chi connectivity index (χ0) is 16.9. The van der Waals surface area contributed by atoms with Gasteiger partial charge in [0, 0.05) is 29.7 Å². The first-order chi connectivity index (χ1) is 10.9. The van der Waals surface area contributed by atoms with Crippen molar-refractivity contribution in [3.8, 4) is 0 Å². The molecule has 1 aromatic carbocycles. The molecule has 5 nitrogen and oxygen atoms in total. The number of ether oxygens (including phenoxy) is 1. The number of carboxylic acid groups (broad SMARTS) is 1. The highest BCUT2D eigenvalue weighted by Gasteiger charge is 2.40. The van der Waals surface area contributed by atoms with Crippen molar-refractivity contribution in [1.29, 1.82) is 0 Å². The second kappa shape index (κ2) is 8.04. The molecule has 0 radical (unpaired) electrons. The van der Waals surface area contributed by atoms with Crippen LogP contribution in [-0.2, 0) is 14.3 Å². The van der Waals surface area contributed by atoms with E-state index in [1.54, 1.807) is 19.1 Å². The first-order valence-corrected chi connectivity index (χ1v) is 8.70. The summed E-state index contributed by atoms with van der Waals surface area (Å²) in [5.41, 5.74) is -0.918. The van der Waals surface area contributed by atoms with Crippen molar-refractivity contribution in [2.24, 2.45) is 5.41 Å². The Balaban J connectivity index is 1.89. The minimum atomic E-state index is -0.918. The van der Waals surface area contributed by atoms with E-state index in [2.05, 4.69) is 5.32 Å². The number of benzene rings is 1. The SMILES string of the molecule is CC(Sc1ccc(Cl)cc1)C(=O)NCC1(C(=O)O)CCOCC1. The van der Waals surface area contributed by atoms with Crippen molar-refractivity contribution in [2.45, 2.75) is 29.9 Å². The van der Waals surface area contributed by atoms with E-state index in [1.807, 2.05) is 12.1 Å². The first kappa shape index (κ1) is 18.1. The number of carboxylic acids is 1. The van der Waals surface area contributed by atoms with Crippen molar-refractivity contribution in [1.82, 2.24) is 5.32 Å². The molecular formula is C16H20ClNO4S. The highest BCUT2D eigenvalue weighted by Crippen LogP contribution is 2.30. The van der Waals surface area contributed by atoms with Gasteiger partial charge in [-0.3, -0.25) is 9.59 Å². The van der Waals surface area contributed by atoms with Crippen molar-refractivity contribution >= 4 is 35.2 Å². The molecule has 0 spiro atoms. The molecule has 7 heteroatoms. The molecule has 1 aromatic rings. The van der Waals surface area contributed by atoms with Crippen LogP contribution in [0.4, 0.5) is 0 Å². The van der Waals surface area contributed by atoms with Gasteiger partial charge in [0.1, 0.15) is 0 Å². The zero-order valence-electron chi connectivity index (χ0n) is 12.9. The van der Waals surface area contributed by atoms with Gasteiger partial charge < -0.3 is 15.2 Å². The Labute approximate surface area is 144 Å². The number of aliphatic carboxylic acids is 1. The van der Waals surface area contributed by atoms with Crippen LogP contribution in [0.2, 0.25) is 5.02 Å². The van der Waals surface area contributed by atoms with Crippen LogP contribution in [0.5, 0.6) is 0 Å². The van der Waals surface area contributed by atoms with Gasteiger partial charge in [0.15, 0.2) is 0 Å². The highest BCUT2D eigenvalue weighted by atomic mass is 35.5. The minimum Gasteiger partial charge on any atom is -0.481 e. The van der Waals surface area contributed by atoms with Crippen molar-refractivity contribution in [3.63, 3.8) is 0 Å². The summed E-state index contributed by atoms with van der Waals surface area (Å²) in [7, 11) is 0. The second-order valence-electron chi connectivity index (χ2n) is 5.63. The molecule has 2 N–H and O–H groups in total. The number of carbonyl (C=O) groups excluding carboxylic acids is 1. The van der Waals surface area contributed by atoms with E-state index < -0.39 is 11.4 Å². The quantitative estimate of drug-likeness (QED) is 0.766. The Morgan fingerprint density at radius 3 is 2.52 bits per heavy atom. The molecule has 1 saturated heterocycles. The summed E-state index contributed by atoms with van der Waals surface area (Å²) in [6, 6.07) is 7.26. The lowest BCUT2D eigenvalue weighted by molar-refractivity contribution is -0.154. The third kappa shape index (κ3) is 4.86. The lowest BCUT2D eigenvalue weighted by Crippen LogP contribution is -2.47. The molecule has 1 atom stereocenters. The second-order valence-corrected chi connectivity index (χ2v) is 7.48. The summed E-state index contributed by atoms with van der Waals surface area (Å²) in [5, 5.41) is 12.6. The number of halogens is 1. The third-order valence-corrected chi connectivity index (χ3v) is 5.36. The van der Waals surface area contributed by atoms with E-state index in [-0.39, 0.29) is 17.7 Å². The molecular weight excluding hydrogens is 338 g/mol. The largest absolute Gasteiger partial charge is 0.481 e. The van der Waals surface area contributed by atoms with Crippen LogP contribution >= 0.6 is 23.4 Å². The van der Waals surface area contributed by atoms with Crippen LogP contribution in [0, 0.1) is 5.41 Å². The maximum atomic E-state index is 12.2. The molecule has 126 valence electrons. The molecule has 1 amide bonds. The van der Waals surface area contributed by atoms with Crippen LogP contribution in [-0.4, -0.2) is 42.0 Å². The van der Waals surface area contributed by atoms with Gasteiger partial charge >= 0.3 is 5.97 Å². The van der Waals surface area contributed by atoms with Crippen molar-refractivity contribution < 1.29 is 19.4 Å². The number of carbonyl (C=O) groups is 2. The summed E-state index contributed by atoms with van der Waals surface area (Å²) < 4.78 is 5.23. The summed E-state index contributed by atoms with van der Waals surface area (Å²) in [6.45, 7) is 2.76. The fraction of sp³-hybridized carbons (Fsp3) is 0.500. The number of hydrogen-bond acceptors (Lipinski definition) is 4. The molecule has 1 unspecified atom stereocenters. The maximum absolute atomic E-state index is 12.2. The average Bonchev–Trinajstić information content (AvgIpc) is 2.55. The minimum absolute atomic E-state index is 0.135. The van der Waals surface area contributed by atoms with Gasteiger partial charge in [-0.25, -0.2) is 0 Å². The fourth-order valence-corrected chi connectivity index (χ4v) is 3.42. The van der Waals surface area contributed by atoms with Gasteiger partial charge in [0.25, 0.3) is 0 Å². The molecule has 0 saturated carbocycles. The monoisotopic (exact) mass is 357 g/mol. The Hall–Kier alpha value is -1.24. The molecule has 2 rings (SSSR count). The normalized spacial score (nSPS) is 18.2. The summed E-state index contributed by atoms with van der Waals surface area (Å²) in [5.74, 6) is -1.05. The van der Waals surface area contributed by atoms with Gasteiger partial charge in [-0.15, -0.1) is 11.8 Å². The maximum Gasteiger partial charge on any atom is 0.311 e. The van der Waals surface area contributed by atoms with E-state index in [1.165, 1.54) is 11.8 Å². The van der Waals surface area contributed by atoms with E-state index in [4.69, 9.17) is 16.3 Å². The fourth-order valence-electron chi connectivity index (χ4n) is 2.40. The van der Waals surface area contributed by atoms with E-state index in [0.717, 1.165) is 4.90 Å². The Morgan fingerprint density at radius 1 is 1.35 bits per heavy atom. The van der Waals surface area contributed by atoms with Gasteiger partial charge in [-0.2, -0.15) is 0 Å². The Morgan fingerprint density at radius 2 is 1.96 bits per heavy atom. The molecule has 0 bridgehead atoms. The molecule has 0 aromatic heterocycles. The van der Waals surface area contributed by atoms with Crippen LogP contribution in [0.3, 0.4) is 0 Å². The molecule has 1 fully saturated rings. The lowest BCUT2D eigenvalue weighted by Gasteiger charge is -2.33. The zero-order valence-corrected chi connectivity index (χ0v) is 14.5. The van der Waals surface area contributed by atoms with Gasteiger partial charge in [0.2, 0.25) is 5.91 Å². The molecule has 1 aliphatic rings. The predicted octanol–water partition coefficient (Wildman–Crippen LogP) is 2.82. The topological polar surface area (TPSA) is 75.6 Å². The van der Waals surface area contributed by atoms with E-state index in [0.29, 0.717) is 31.1 Å². The van der Waals surface area contributed by atoms with Crippen LogP contribution in [0.1, 0.15) is 19.8 Å². The Kier molecular flexibility index (Phi) is 6.33. The highest BCUT2D eigenvalue weighted by molar-refractivity contribution is 8.00. The number of nitrogens with one attached hydrogen (secondary N) is 1. The Bertz CT molecular complexity index is 558. The summed E-state index contributed by atoms with van der Waals surface area (Å²) in [4.78, 5) is 24.7. The smallest absolute Gasteiger partial charge is 0.311 e. The van der Waals surface area contributed by atoms with E-state index >= 15 is 0 Å². The standard InChI is InChI=1S/C16H20ClNO4S/c1-11(23-13-4-2-12(17)3-5-13)14(19)18-10-16(15(20)21)6-8-22-9-7-16/h2-5,11H,6-10H2,1H3,(H,18,19)(H,20,21). The molecule has 1 heterocycles. The number of amides is 1. The van der Waals surface area contributed by atoms with Gasteiger partial charge in [-0.1, -0.05) is 11.6 Å². The van der Waals surface area contributed by atoms with Crippen molar-refractivity contribution in [3.05, 3.63) is 29.3 Å². The third-order valence-electron chi connectivity index (χ3n) is 4.00. The summed E-state index contributed by atoms with van der Waals surface area (Å²) in [6.07, 6.45) is 0.836. The van der Waals surface area contributed by atoms with Crippen LogP contribution in [0.25, 0.3) is 0 Å². The lowest BCUT2D eigenvalue weighted by atomic mass is 9.80. The molecule has 1 aliphatic heterocycles. The van der Waals surface area contributed by atoms with Crippen LogP contribution < -0.4 is 5.32 Å².